The van der Waals surface area contributed by atoms with Crippen LogP contribution in [0.15, 0.2) is 24.3 Å². The van der Waals surface area contributed by atoms with Crippen molar-refractivity contribution >= 4 is 34.0 Å². The summed E-state index contributed by atoms with van der Waals surface area (Å²) in [5.74, 6) is -0.0322. The van der Waals surface area contributed by atoms with E-state index in [2.05, 4.69) is 15.5 Å². The summed E-state index contributed by atoms with van der Waals surface area (Å²) >= 11 is 7.30. The van der Waals surface area contributed by atoms with Crippen molar-refractivity contribution in [1.82, 2.24) is 10.2 Å². The number of benzene rings is 1. The third-order valence-electron chi connectivity index (χ3n) is 3.57. The summed E-state index contributed by atoms with van der Waals surface area (Å²) < 4.78 is 0. The zero-order valence-electron chi connectivity index (χ0n) is 11.3. The van der Waals surface area contributed by atoms with Gasteiger partial charge in [0.25, 0.3) is 0 Å². The SMILES string of the molecule is NC1CCC(C(=O)Nc2nnc(-c3cccc(Cl)c3)s2)C1. The first kappa shape index (κ1) is 14.4. The van der Waals surface area contributed by atoms with Crippen LogP contribution in [0.5, 0.6) is 0 Å². The van der Waals surface area contributed by atoms with Gasteiger partial charge in [-0.3, -0.25) is 4.79 Å². The highest BCUT2D eigenvalue weighted by atomic mass is 35.5. The predicted molar refractivity (Wildman–Crippen MR) is 84.3 cm³/mol. The minimum absolute atomic E-state index is 0.0153. The van der Waals surface area contributed by atoms with Gasteiger partial charge < -0.3 is 11.1 Å². The lowest BCUT2D eigenvalue weighted by atomic mass is 10.1. The number of hydrogen-bond acceptors (Lipinski definition) is 5. The first-order valence-corrected chi connectivity index (χ1v) is 7.97. The standard InChI is InChI=1S/C14H15ClN4OS/c15-10-3-1-2-9(6-10)13-18-19-14(21-13)17-12(20)8-4-5-11(16)7-8/h1-3,6,8,11H,4-5,7,16H2,(H,17,19,20). The molecule has 1 saturated carbocycles. The largest absolute Gasteiger partial charge is 0.328 e. The summed E-state index contributed by atoms with van der Waals surface area (Å²) in [5, 5.41) is 12.8. The quantitative estimate of drug-likeness (QED) is 0.910. The molecule has 1 aromatic heterocycles. The molecule has 3 rings (SSSR count). The maximum Gasteiger partial charge on any atom is 0.229 e. The molecule has 1 amide bonds. The number of anilines is 1. The normalized spacial score (nSPS) is 21.4. The number of nitrogens with zero attached hydrogens (tertiary/aromatic N) is 2. The van der Waals surface area contributed by atoms with E-state index in [1.807, 2.05) is 18.2 Å². The minimum atomic E-state index is -0.0169. The molecule has 3 N–H and O–H groups in total. The fraction of sp³-hybridized carbons (Fsp3) is 0.357. The molecular weight excluding hydrogens is 308 g/mol. The van der Waals surface area contributed by atoms with Crippen LogP contribution in [0.1, 0.15) is 19.3 Å². The molecule has 110 valence electrons. The van der Waals surface area contributed by atoms with Gasteiger partial charge >= 0.3 is 0 Å². The molecule has 2 aromatic rings. The molecule has 0 radical (unpaired) electrons. The van der Waals surface area contributed by atoms with Crippen LogP contribution in [-0.4, -0.2) is 22.1 Å². The molecule has 2 atom stereocenters. The molecule has 21 heavy (non-hydrogen) atoms. The highest BCUT2D eigenvalue weighted by Gasteiger charge is 2.28. The Bertz CT molecular complexity index is 660. The number of aromatic nitrogens is 2. The average molecular weight is 323 g/mol. The summed E-state index contributed by atoms with van der Waals surface area (Å²) in [6.45, 7) is 0. The van der Waals surface area contributed by atoms with Gasteiger partial charge in [-0.15, -0.1) is 10.2 Å². The van der Waals surface area contributed by atoms with Crippen molar-refractivity contribution < 1.29 is 4.79 Å². The summed E-state index contributed by atoms with van der Waals surface area (Å²) in [4.78, 5) is 12.1. The van der Waals surface area contributed by atoms with Crippen LogP contribution < -0.4 is 11.1 Å². The van der Waals surface area contributed by atoms with E-state index in [1.165, 1.54) is 11.3 Å². The highest BCUT2D eigenvalue weighted by Crippen LogP contribution is 2.30. The van der Waals surface area contributed by atoms with E-state index < -0.39 is 0 Å². The van der Waals surface area contributed by atoms with Crippen molar-refractivity contribution in [2.45, 2.75) is 25.3 Å². The van der Waals surface area contributed by atoms with Crippen molar-refractivity contribution in [1.29, 1.82) is 0 Å². The van der Waals surface area contributed by atoms with Crippen molar-refractivity contribution in [3.05, 3.63) is 29.3 Å². The molecular formula is C14H15ClN4OS. The van der Waals surface area contributed by atoms with Gasteiger partial charge in [0, 0.05) is 22.5 Å². The van der Waals surface area contributed by atoms with E-state index in [-0.39, 0.29) is 17.9 Å². The number of nitrogens with one attached hydrogen (secondary N) is 1. The molecule has 1 aliphatic rings. The number of amides is 1. The van der Waals surface area contributed by atoms with Gasteiger partial charge in [0.2, 0.25) is 11.0 Å². The molecule has 0 bridgehead atoms. The topological polar surface area (TPSA) is 80.9 Å². The van der Waals surface area contributed by atoms with Gasteiger partial charge in [-0.25, -0.2) is 0 Å². The van der Waals surface area contributed by atoms with Gasteiger partial charge in [0.1, 0.15) is 5.01 Å². The maximum absolute atomic E-state index is 12.1. The second-order valence-electron chi connectivity index (χ2n) is 5.18. The van der Waals surface area contributed by atoms with Gasteiger partial charge in [-0.2, -0.15) is 0 Å². The van der Waals surface area contributed by atoms with Crippen molar-refractivity contribution in [3.8, 4) is 10.6 Å². The number of halogens is 1. The van der Waals surface area contributed by atoms with Crippen LogP contribution in [-0.2, 0) is 4.79 Å². The van der Waals surface area contributed by atoms with Crippen LogP contribution in [0.3, 0.4) is 0 Å². The first-order chi connectivity index (χ1) is 10.1. The molecule has 2 unspecified atom stereocenters. The number of carbonyl (C=O) groups excluding carboxylic acids is 1. The molecule has 1 heterocycles. The Kier molecular flexibility index (Phi) is 4.19. The molecule has 1 fully saturated rings. The molecule has 1 aromatic carbocycles. The van der Waals surface area contributed by atoms with Crippen molar-refractivity contribution in [2.24, 2.45) is 11.7 Å². The molecule has 0 spiro atoms. The van der Waals surface area contributed by atoms with Gasteiger partial charge in [0.15, 0.2) is 0 Å². The molecule has 0 saturated heterocycles. The average Bonchev–Trinajstić information content (AvgIpc) is 3.08. The minimum Gasteiger partial charge on any atom is -0.328 e. The summed E-state index contributed by atoms with van der Waals surface area (Å²) in [6.07, 6.45) is 2.49. The number of nitrogens with two attached hydrogens (primary N) is 1. The Balaban J connectivity index is 1.69. The van der Waals surface area contributed by atoms with Gasteiger partial charge in [0.05, 0.1) is 0 Å². The van der Waals surface area contributed by atoms with E-state index in [9.17, 15) is 4.79 Å². The van der Waals surface area contributed by atoms with Crippen LogP contribution in [0.2, 0.25) is 5.02 Å². The number of rotatable bonds is 3. The molecule has 5 nitrogen and oxygen atoms in total. The van der Waals surface area contributed by atoms with E-state index >= 15 is 0 Å². The zero-order valence-corrected chi connectivity index (χ0v) is 12.8. The van der Waals surface area contributed by atoms with Crippen LogP contribution >= 0.6 is 22.9 Å². The number of carbonyl (C=O) groups is 1. The lowest BCUT2D eigenvalue weighted by molar-refractivity contribution is -0.119. The highest BCUT2D eigenvalue weighted by molar-refractivity contribution is 7.18. The number of hydrogen-bond donors (Lipinski definition) is 2. The van der Waals surface area contributed by atoms with E-state index in [1.54, 1.807) is 6.07 Å². The van der Waals surface area contributed by atoms with Gasteiger partial charge in [-0.1, -0.05) is 35.1 Å². The Labute approximate surface area is 131 Å². The Morgan fingerprint density at radius 2 is 2.24 bits per heavy atom. The van der Waals surface area contributed by atoms with Crippen molar-refractivity contribution in [2.75, 3.05) is 5.32 Å². The zero-order chi connectivity index (χ0) is 14.8. The van der Waals surface area contributed by atoms with E-state index in [0.29, 0.717) is 10.2 Å². The third-order valence-corrected chi connectivity index (χ3v) is 4.69. The first-order valence-electron chi connectivity index (χ1n) is 6.77. The van der Waals surface area contributed by atoms with Gasteiger partial charge in [-0.05, 0) is 31.4 Å². The maximum atomic E-state index is 12.1. The van der Waals surface area contributed by atoms with Crippen LogP contribution in [0.25, 0.3) is 10.6 Å². The lowest BCUT2D eigenvalue weighted by Crippen LogP contribution is -2.23. The fourth-order valence-electron chi connectivity index (χ4n) is 2.47. The lowest BCUT2D eigenvalue weighted by Gasteiger charge is -2.07. The summed E-state index contributed by atoms with van der Waals surface area (Å²) in [5.41, 5.74) is 6.72. The summed E-state index contributed by atoms with van der Waals surface area (Å²) in [6, 6.07) is 7.53. The fourth-order valence-corrected chi connectivity index (χ4v) is 3.41. The Morgan fingerprint density at radius 3 is 2.95 bits per heavy atom. The van der Waals surface area contributed by atoms with Crippen LogP contribution in [0, 0.1) is 5.92 Å². The second-order valence-corrected chi connectivity index (χ2v) is 6.60. The van der Waals surface area contributed by atoms with E-state index in [0.717, 1.165) is 29.8 Å². The predicted octanol–water partition coefficient (Wildman–Crippen LogP) is 2.92. The monoisotopic (exact) mass is 322 g/mol. The Morgan fingerprint density at radius 1 is 1.38 bits per heavy atom. The Hall–Kier alpha value is -1.50. The van der Waals surface area contributed by atoms with E-state index in [4.69, 9.17) is 17.3 Å². The molecule has 0 aliphatic heterocycles. The molecule has 7 heteroatoms. The third kappa shape index (κ3) is 3.40. The van der Waals surface area contributed by atoms with Crippen molar-refractivity contribution in [3.63, 3.8) is 0 Å². The molecule has 1 aliphatic carbocycles. The van der Waals surface area contributed by atoms with Crippen LogP contribution in [0.4, 0.5) is 5.13 Å². The summed E-state index contributed by atoms with van der Waals surface area (Å²) in [7, 11) is 0. The smallest absolute Gasteiger partial charge is 0.229 e. The second kappa shape index (κ2) is 6.09.